The van der Waals surface area contributed by atoms with Gasteiger partial charge in [0.25, 0.3) is 0 Å². The van der Waals surface area contributed by atoms with Gasteiger partial charge in [0, 0.05) is 0 Å². The molecule has 0 amide bonds. The maximum absolute atomic E-state index is 16.4. The van der Waals surface area contributed by atoms with Crippen LogP contribution < -0.4 is 25.5 Å². The molecule has 9 nitrogen and oxygen atoms in total. The summed E-state index contributed by atoms with van der Waals surface area (Å²) in [5, 5.41) is 0.246. The van der Waals surface area contributed by atoms with Gasteiger partial charge in [-0.25, -0.2) is 0 Å². The second-order valence-corrected chi connectivity index (χ2v) is 19.7. The Morgan fingerprint density at radius 2 is 0.658 bits per heavy atom. The number of fused-ring (bicyclic) bond motifs is 2. The number of rotatable bonds is 11. The van der Waals surface area contributed by atoms with Gasteiger partial charge in [-0.05, 0) is 0 Å². The van der Waals surface area contributed by atoms with E-state index in [0.29, 0.717) is 0 Å². The van der Waals surface area contributed by atoms with Gasteiger partial charge in [-0.15, -0.1) is 0 Å². The monoisotopic (exact) mass is 1250 g/mol. The molecule has 408 valence electrons. The third-order valence-corrected chi connectivity index (χ3v) is 15.2. The molecule has 2 heterocycles. The van der Waals surface area contributed by atoms with E-state index in [2.05, 4.69) is 0 Å². The topological polar surface area (TPSA) is 114 Å². The van der Waals surface area contributed by atoms with Crippen LogP contribution in [0.15, 0.2) is 85.2 Å². The van der Waals surface area contributed by atoms with Crippen LogP contribution in [-0.2, 0) is 3.07 Å². The van der Waals surface area contributed by atoms with E-state index in [1.807, 2.05) is 0 Å². The molecule has 9 rings (SSSR count). The van der Waals surface area contributed by atoms with Crippen molar-refractivity contribution >= 4 is 48.1 Å². The van der Waals surface area contributed by atoms with Crippen molar-refractivity contribution in [2.24, 2.45) is 0 Å². The van der Waals surface area contributed by atoms with Crippen molar-refractivity contribution in [3.63, 3.8) is 0 Å². The Labute approximate surface area is 427 Å². The zero-order valence-electron chi connectivity index (χ0n) is 37.0. The molecule has 0 aliphatic heterocycles. The molecular weight excluding hydrogens is 1240 g/mol. The molecule has 7 aromatic carbocycles. The first-order chi connectivity index (χ1) is 37.2. The molecule has 0 unspecified atom stereocenters. The molecule has 2 aromatic heterocycles. The number of hydrogen-bond donors (Lipinski definition) is 0. The number of halogens is 21. The van der Waals surface area contributed by atoms with Gasteiger partial charge in [0.2, 0.25) is 0 Å². The molecule has 9 aromatic rings. The molecule has 0 fully saturated rings. The van der Waals surface area contributed by atoms with Gasteiger partial charge >= 0.3 is 429 Å². The summed E-state index contributed by atoms with van der Waals surface area (Å²) in [6.45, 7) is 0. The number of carbonyl (C=O) groups is 1. The Kier molecular flexibility index (Phi) is 14.3. The van der Waals surface area contributed by atoms with Gasteiger partial charge in [-0.2, -0.15) is 0 Å². The fourth-order valence-electron chi connectivity index (χ4n) is 7.07. The van der Waals surface area contributed by atoms with E-state index in [1.165, 1.54) is 24.3 Å². The SMILES string of the molecule is O=C(OI(c1ccc2ccc(=O)oc2c1)c1ccc2ccc(=O)oc2c1)c1cc(Oc2c(F)c(F)c(F)c(F)c2F)c(Oc2c(F)c(F)c(F)c(F)c2F)c(Oc2c(F)c(F)c(F)c(F)c2F)c1-c1c(F)c(F)c(F)c(F)c1F. The molecule has 79 heavy (non-hydrogen) atoms. The molecule has 0 saturated heterocycles. The zero-order chi connectivity index (χ0) is 57.5. The molecule has 0 atom stereocenters. The number of carbonyl (C=O) groups excluding carboxylic acids is 1. The molecule has 30 heteroatoms. The molecule has 0 aliphatic carbocycles. The number of hydrogen-bond acceptors (Lipinski definition) is 9. The first-order valence-electron chi connectivity index (χ1n) is 20.5. The quantitative estimate of drug-likeness (QED) is 0.0410. The molecule has 0 bridgehead atoms. The number of benzene rings is 7. The van der Waals surface area contributed by atoms with Crippen LogP contribution in [0.5, 0.6) is 34.5 Å². The second-order valence-electron chi connectivity index (χ2n) is 15.4. The van der Waals surface area contributed by atoms with Gasteiger partial charge in [0.15, 0.2) is 0 Å². The normalized spacial score (nSPS) is 11.7. The van der Waals surface area contributed by atoms with Crippen LogP contribution in [-0.4, -0.2) is 5.97 Å². The summed E-state index contributed by atoms with van der Waals surface area (Å²) in [7, 11) is 0. The molecule has 0 radical (unpaired) electrons. The first kappa shape index (κ1) is 54.9. The Hall–Kier alpha value is -8.84. The Bertz CT molecular complexity index is 4060. The third kappa shape index (κ3) is 9.30. The van der Waals surface area contributed by atoms with Gasteiger partial charge in [0.05, 0.1) is 0 Å². The van der Waals surface area contributed by atoms with Crippen molar-refractivity contribution in [1.82, 2.24) is 0 Å². The summed E-state index contributed by atoms with van der Waals surface area (Å²) < 4.78 is 334. The van der Waals surface area contributed by atoms with Crippen LogP contribution >= 0.6 is 20.2 Å². The predicted molar refractivity (Wildman–Crippen MR) is 232 cm³/mol. The van der Waals surface area contributed by atoms with E-state index in [4.69, 9.17) is 26.1 Å². The predicted octanol–water partition coefficient (Wildman–Crippen LogP) is 15.0. The van der Waals surface area contributed by atoms with Gasteiger partial charge < -0.3 is 0 Å². The average Bonchev–Trinajstić information content (AvgIpc) is 3.53. The van der Waals surface area contributed by atoms with E-state index in [1.54, 1.807) is 0 Å². The number of ether oxygens (including phenoxy) is 3. The van der Waals surface area contributed by atoms with Crippen molar-refractivity contribution in [1.29, 1.82) is 0 Å². The third-order valence-electron chi connectivity index (χ3n) is 10.7. The molecule has 0 saturated carbocycles. The Morgan fingerprint density at radius 1 is 0.342 bits per heavy atom. The van der Waals surface area contributed by atoms with Crippen LogP contribution in [0.3, 0.4) is 0 Å². The van der Waals surface area contributed by atoms with Gasteiger partial charge in [0.1, 0.15) is 0 Å². The van der Waals surface area contributed by atoms with Crippen LogP contribution in [0.1, 0.15) is 10.4 Å². The van der Waals surface area contributed by atoms with Crippen LogP contribution in [0, 0.1) is 123 Å². The van der Waals surface area contributed by atoms with E-state index >= 15 is 48.7 Å². The zero-order valence-corrected chi connectivity index (χ0v) is 39.1. The first-order valence-corrected chi connectivity index (χ1v) is 23.6. The summed E-state index contributed by atoms with van der Waals surface area (Å²) >= 11 is -4.62. The molecule has 0 spiro atoms. The summed E-state index contributed by atoms with van der Waals surface area (Å²) in [5.41, 5.74) is -10.1. The summed E-state index contributed by atoms with van der Waals surface area (Å²) in [6, 6.07) is 10.4. The molecular formula is C49H11F20IO9. The minimum atomic E-state index is -4.62. The van der Waals surface area contributed by atoms with Crippen molar-refractivity contribution in [2.45, 2.75) is 0 Å². The molecule has 0 aliphatic rings. The maximum atomic E-state index is 16.4. The standard InChI is InChI=1S/C49H11F20IO9/c50-24-23(25(51)27(53)28(54)26(24)52)22-16(49(73)79-70(14-5-1-12-3-7-20(71)74-17(12)9-14)15-6-2-13-4-8-21(72)75-18(13)10-15)11-19(76-46-38(64)32(58)29(55)33(59)39(46)65)44(77-47-40(66)34(60)30(56)35(61)41(47)67)45(22)78-48-42(68)36(62)31(57)37(63)43(48)69/h1-11H. The van der Waals surface area contributed by atoms with Crippen LogP contribution in [0.4, 0.5) is 87.8 Å². The van der Waals surface area contributed by atoms with E-state index in [0.717, 1.165) is 36.4 Å². The van der Waals surface area contributed by atoms with Crippen LogP contribution in [0.25, 0.3) is 33.1 Å². The average molecular weight is 1250 g/mol. The molecule has 0 N–H and O–H groups in total. The minimum absolute atomic E-state index is 0.123. The van der Waals surface area contributed by atoms with Crippen molar-refractivity contribution in [2.75, 3.05) is 0 Å². The van der Waals surface area contributed by atoms with E-state index < -0.39 is 211 Å². The van der Waals surface area contributed by atoms with Gasteiger partial charge in [-0.1, -0.05) is 0 Å². The van der Waals surface area contributed by atoms with E-state index in [-0.39, 0.29) is 29.1 Å². The van der Waals surface area contributed by atoms with Crippen molar-refractivity contribution in [3.8, 4) is 45.6 Å². The fraction of sp³-hybridized carbons (Fsp3) is 0. The summed E-state index contributed by atoms with van der Waals surface area (Å²) in [5.74, 6) is -81.1. The second kappa shape index (κ2) is 20.5. The Morgan fingerprint density at radius 3 is 1.04 bits per heavy atom. The Balaban J connectivity index is 1.46. The van der Waals surface area contributed by atoms with Crippen molar-refractivity contribution in [3.05, 3.63) is 217 Å². The van der Waals surface area contributed by atoms with Gasteiger partial charge in [-0.3, -0.25) is 0 Å². The summed E-state index contributed by atoms with van der Waals surface area (Å²) in [4.78, 5) is 39.6. The summed E-state index contributed by atoms with van der Waals surface area (Å²) in [6.07, 6.45) is 0. The van der Waals surface area contributed by atoms with Crippen molar-refractivity contribution < 1.29 is 119 Å². The van der Waals surface area contributed by atoms with E-state index in [9.17, 15) is 53.5 Å². The van der Waals surface area contributed by atoms with Crippen LogP contribution in [0.2, 0.25) is 0 Å². The fourth-order valence-corrected chi connectivity index (χ4v) is 11.1.